The minimum Gasteiger partial charge on any atom is -0.507 e. The number of rotatable bonds is 6. The topological polar surface area (TPSA) is 200 Å². The summed E-state index contributed by atoms with van der Waals surface area (Å²) in [5.74, 6) is -0.936. The Morgan fingerprint density at radius 2 is 2.03 bits per heavy atom. The van der Waals surface area contributed by atoms with Crippen molar-refractivity contribution in [3.8, 4) is 22.8 Å². The number of nitrogens with zero attached hydrogens (tertiary/aromatic N) is 7. The van der Waals surface area contributed by atoms with Crippen molar-refractivity contribution in [3.63, 3.8) is 0 Å². The third-order valence-electron chi connectivity index (χ3n) is 4.29. The number of phenols is 1. The summed E-state index contributed by atoms with van der Waals surface area (Å²) in [4.78, 5) is 23.2. The second-order valence-corrected chi connectivity index (χ2v) is 7.29. The minimum atomic E-state index is -0.754. The standard InChI is InChI=1S/C18H12BrN9O5/c19-11-3-6-13(29)10(7-11)8-21-23-18(30)14-15(9-1-4-12(5-2-9)28(31)32)27(26-22-14)17-16(20)24-33-25-17/h1-8,29H,(H2,20,24)(H,23,30)/b21-8-. The first-order valence-electron chi connectivity index (χ1n) is 8.96. The zero-order valence-electron chi connectivity index (χ0n) is 16.3. The Morgan fingerprint density at radius 1 is 1.27 bits per heavy atom. The van der Waals surface area contributed by atoms with Crippen molar-refractivity contribution in [2.75, 3.05) is 5.73 Å². The largest absolute Gasteiger partial charge is 0.507 e. The van der Waals surface area contributed by atoms with Crippen molar-refractivity contribution >= 4 is 39.6 Å². The molecule has 33 heavy (non-hydrogen) atoms. The van der Waals surface area contributed by atoms with Gasteiger partial charge in [-0.05, 0) is 40.6 Å². The van der Waals surface area contributed by atoms with Crippen LogP contribution >= 0.6 is 15.9 Å². The number of benzene rings is 2. The normalized spacial score (nSPS) is 11.1. The van der Waals surface area contributed by atoms with Crippen molar-refractivity contribution < 1.29 is 19.5 Å². The van der Waals surface area contributed by atoms with Crippen LogP contribution in [0.15, 0.2) is 56.7 Å². The molecule has 4 aromatic rings. The molecule has 2 aromatic heterocycles. The molecular formula is C18H12BrN9O5. The minimum absolute atomic E-state index is 0.0301. The zero-order valence-corrected chi connectivity index (χ0v) is 17.9. The lowest BCUT2D eigenvalue weighted by atomic mass is 10.1. The van der Waals surface area contributed by atoms with Crippen molar-refractivity contribution in [3.05, 3.63) is 68.3 Å². The van der Waals surface area contributed by atoms with Crippen LogP contribution in [0.2, 0.25) is 0 Å². The highest BCUT2D eigenvalue weighted by molar-refractivity contribution is 9.10. The van der Waals surface area contributed by atoms with Crippen LogP contribution in [0.5, 0.6) is 5.75 Å². The van der Waals surface area contributed by atoms with Gasteiger partial charge in [-0.15, -0.1) is 5.10 Å². The van der Waals surface area contributed by atoms with Crippen molar-refractivity contribution in [1.29, 1.82) is 0 Å². The van der Waals surface area contributed by atoms with E-state index in [2.05, 4.69) is 51.7 Å². The summed E-state index contributed by atoms with van der Waals surface area (Å²) in [6.45, 7) is 0. The van der Waals surface area contributed by atoms with E-state index in [4.69, 9.17) is 5.73 Å². The number of nitrogens with two attached hydrogens (primary N) is 1. The fourth-order valence-electron chi connectivity index (χ4n) is 2.76. The molecule has 0 atom stereocenters. The Balaban J connectivity index is 1.70. The lowest BCUT2D eigenvalue weighted by Gasteiger charge is -2.06. The summed E-state index contributed by atoms with van der Waals surface area (Å²) >= 11 is 3.28. The molecule has 14 nitrogen and oxygen atoms in total. The Kier molecular flexibility index (Phi) is 5.77. The molecule has 2 aromatic carbocycles. The molecule has 0 fully saturated rings. The molecule has 0 saturated heterocycles. The molecule has 2 heterocycles. The Hall–Kier alpha value is -4.66. The van der Waals surface area contributed by atoms with Crippen LogP contribution in [0.4, 0.5) is 11.5 Å². The van der Waals surface area contributed by atoms with Crippen LogP contribution in [0.25, 0.3) is 17.1 Å². The number of anilines is 1. The molecule has 0 spiro atoms. The number of nitro benzene ring substituents is 1. The number of phenolic OH excluding ortho intramolecular Hbond substituents is 1. The highest BCUT2D eigenvalue weighted by Crippen LogP contribution is 2.28. The van der Waals surface area contributed by atoms with Gasteiger partial charge in [-0.2, -0.15) is 9.78 Å². The van der Waals surface area contributed by atoms with Gasteiger partial charge in [0.15, 0.2) is 5.69 Å². The van der Waals surface area contributed by atoms with E-state index in [1.54, 1.807) is 12.1 Å². The van der Waals surface area contributed by atoms with Crippen LogP contribution in [-0.2, 0) is 0 Å². The van der Waals surface area contributed by atoms with E-state index in [-0.39, 0.29) is 34.5 Å². The lowest BCUT2D eigenvalue weighted by Crippen LogP contribution is -2.19. The highest BCUT2D eigenvalue weighted by Gasteiger charge is 2.25. The molecule has 0 unspecified atom stereocenters. The maximum atomic E-state index is 12.8. The van der Waals surface area contributed by atoms with E-state index >= 15 is 0 Å². The van der Waals surface area contributed by atoms with Gasteiger partial charge in [0, 0.05) is 27.7 Å². The Morgan fingerprint density at radius 3 is 2.70 bits per heavy atom. The molecular weight excluding hydrogens is 502 g/mol. The fourth-order valence-corrected chi connectivity index (χ4v) is 3.14. The molecule has 0 bridgehead atoms. The molecule has 0 aliphatic carbocycles. The summed E-state index contributed by atoms with van der Waals surface area (Å²) in [6, 6.07) is 10.0. The summed E-state index contributed by atoms with van der Waals surface area (Å²) in [6.07, 6.45) is 1.24. The lowest BCUT2D eigenvalue weighted by molar-refractivity contribution is -0.384. The van der Waals surface area contributed by atoms with Crippen LogP contribution in [0.3, 0.4) is 0 Å². The van der Waals surface area contributed by atoms with Gasteiger partial charge in [0.2, 0.25) is 11.6 Å². The molecule has 0 radical (unpaired) electrons. The second kappa shape index (κ2) is 8.83. The average Bonchev–Trinajstić information content (AvgIpc) is 3.42. The van der Waals surface area contributed by atoms with Gasteiger partial charge in [0.25, 0.3) is 11.6 Å². The first kappa shape index (κ1) is 21.6. The number of carbonyl (C=O) groups excluding carboxylic acids is 1. The number of carbonyl (C=O) groups is 1. The molecule has 0 aliphatic heterocycles. The Bertz CT molecular complexity index is 1380. The SMILES string of the molecule is Nc1nonc1-n1nnc(C(=O)N/N=C\c2cc(Br)ccc2O)c1-c1ccc([N+](=O)[O-])cc1. The van der Waals surface area contributed by atoms with E-state index in [0.717, 1.165) is 4.68 Å². The molecule has 4 N–H and O–H groups in total. The van der Waals surface area contributed by atoms with Crippen LogP contribution in [0, 0.1) is 10.1 Å². The highest BCUT2D eigenvalue weighted by atomic mass is 79.9. The number of nitrogens with one attached hydrogen (secondary N) is 1. The molecule has 1 amide bonds. The van der Waals surface area contributed by atoms with Gasteiger partial charge in [0.05, 0.1) is 11.1 Å². The third kappa shape index (κ3) is 4.38. The number of non-ortho nitro benzene ring substituents is 1. The van der Waals surface area contributed by atoms with E-state index < -0.39 is 10.8 Å². The number of nitro groups is 1. The Labute approximate surface area is 191 Å². The van der Waals surface area contributed by atoms with Crippen LogP contribution < -0.4 is 11.2 Å². The number of amides is 1. The van der Waals surface area contributed by atoms with Crippen molar-refractivity contribution in [2.24, 2.45) is 5.10 Å². The molecule has 4 rings (SSSR count). The molecule has 15 heteroatoms. The van der Waals surface area contributed by atoms with E-state index in [9.17, 15) is 20.0 Å². The van der Waals surface area contributed by atoms with E-state index in [1.807, 2.05) is 0 Å². The smallest absolute Gasteiger partial charge is 0.294 e. The number of aromatic hydroxyl groups is 1. The average molecular weight is 514 g/mol. The third-order valence-corrected chi connectivity index (χ3v) is 4.79. The first-order valence-corrected chi connectivity index (χ1v) is 9.75. The number of nitrogen functional groups attached to an aromatic ring is 1. The van der Waals surface area contributed by atoms with Crippen LogP contribution in [-0.4, -0.2) is 47.5 Å². The number of hydrogen-bond donors (Lipinski definition) is 3. The predicted molar refractivity (Wildman–Crippen MR) is 117 cm³/mol. The van der Waals surface area contributed by atoms with Crippen molar-refractivity contribution in [2.45, 2.75) is 0 Å². The molecule has 0 aliphatic rings. The van der Waals surface area contributed by atoms with Crippen LogP contribution in [0.1, 0.15) is 16.1 Å². The fraction of sp³-hybridized carbons (Fsp3) is 0. The predicted octanol–water partition coefficient (Wildman–Crippen LogP) is 2.04. The summed E-state index contributed by atoms with van der Waals surface area (Å²) < 4.78 is 6.41. The van der Waals surface area contributed by atoms with Crippen molar-refractivity contribution in [1.82, 2.24) is 30.7 Å². The van der Waals surface area contributed by atoms with E-state index in [0.29, 0.717) is 15.6 Å². The molecule has 0 saturated carbocycles. The van der Waals surface area contributed by atoms with Gasteiger partial charge >= 0.3 is 0 Å². The van der Waals surface area contributed by atoms with Gasteiger partial charge in [-0.1, -0.05) is 21.1 Å². The quantitative estimate of drug-likeness (QED) is 0.194. The van der Waals surface area contributed by atoms with E-state index in [1.165, 1.54) is 36.5 Å². The van der Waals surface area contributed by atoms with Gasteiger partial charge in [0.1, 0.15) is 11.4 Å². The number of aromatic nitrogens is 5. The summed E-state index contributed by atoms with van der Waals surface area (Å²) in [5, 5.41) is 39.6. The number of hydrogen-bond acceptors (Lipinski definition) is 11. The maximum absolute atomic E-state index is 12.8. The zero-order chi connectivity index (χ0) is 23.5. The van der Waals surface area contributed by atoms with Gasteiger partial charge < -0.3 is 10.8 Å². The maximum Gasteiger partial charge on any atom is 0.294 e. The second-order valence-electron chi connectivity index (χ2n) is 6.38. The number of halogens is 1. The van der Waals surface area contributed by atoms with Gasteiger partial charge in [-0.3, -0.25) is 14.9 Å². The molecule has 166 valence electrons. The number of hydrazone groups is 1. The monoisotopic (exact) mass is 513 g/mol. The summed E-state index contributed by atoms with van der Waals surface area (Å²) in [5.41, 5.74) is 8.53. The first-order chi connectivity index (χ1) is 15.8. The summed E-state index contributed by atoms with van der Waals surface area (Å²) in [7, 11) is 0. The van der Waals surface area contributed by atoms with Gasteiger partial charge in [-0.25, -0.2) is 10.1 Å².